The van der Waals surface area contributed by atoms with Crippen LogP contribution in [-0.2, 0) is 19.6 Å². The molecular formula is C23H31N3O5S. The van der Waals surface area contributed by atoms with Crippen LogP contribution < -0.4 is 15.4 Å². The van der Waals surface area contributed by atoms with E-state index in [2.05, 4.69) is 21.9 Å². The lowest BCUT2D eigenvalue weighted by atomic mass is 10.1. The number of hydrogen-bond acceptors (Lipinski definition) is 5. The predicted octanol–water partition coefficient (Wildman–Crippen LogP) is 3.83. The number of para-hydroxylation sites is 1. The molecule has 2 aliphatic rings. The number of amides is 2. The van der Waals surface area contributed by atoms with E-state index in [1.54, 1.807) is 39.0 Å². The molecule has 1 saturated carbocycles. The minimum absolute atomic E-state index is 0.0652. The van der Waals surface area contributed by atoms with Crippen molar-refractivity contribution in [3.05, 3.63) is 48.7 Å². The number of ether oxygens (including phenoxy) is 1. The van der Waals surface area contributed by atoms with Gasteiger partial charge in [-0.15, -0.1) is 0 Å². The van der Waals surface area contributed by atoms with Gasteiger partial charge in [-0.25, -0.2) is 13.2 Å². The first kappa shape index (κ1) is 23.8. The van der Waals surface area contributed by atoms with Gasteiger partial charge < -0.3 is 15.4 Å². The van der Waals surface area contributed by atoms with E-state index >= 15 is 0 Å². The fraction of sp³-hybridized carbons (Fsp3) is 0.478. The van der Waals surface area contributed by atoms with Crippen LogP contribution in [0.4, 0.5) is 10.5 Å². The number of carbonyl (C=O) groups excluding carboxylic acids is 2. The van der Waals surface area contributed by atoms with Gasteiger partial charge in [0.2, 0.25) is 5.91 Å². The first-order valence-electron chi connectivity index (χ1n) is 10.7. The van der Waals surface area contributed by atoms with Gasteiger partial charge in [0, 0.05) is 18.0 Å². The lowest BCUT2D eigenvalue weighted by molar-refractivity contribution is -0.116. The molecule has 0 bridgehead atoms. The van der Waals surface area contributed by atoms with Crippen LogP contribution >= 0.6 is 0 Å². The van der Waals surface area contributed by atoms with Gasteiger partial charge in [-0.05, 0) is 58.6 Å². The second-order valence-electron chi connectivity index (χ2n) is 9.21. The number of rotatable bonds is 1. The lowest BCUT2D eigenvalue weighted by Gasteiger charge is -2.26. The van der Waals surface area contributed by atoms with Gasteiger partial charge >= 0.3 is 6.09 Å². The Balaban J connectivity index is 1.93. The molecule has 3 N–H and O–H groups in total. The Bertz CT molecular complexity index is 1040. The molecule has 0 spiro atoms. The number of benzene rings is 1. The topological polar surface area (TPSA) is 114 Å². The van der Waals surface area contributed by atoms with Crippen LogP contribution in [0.15, 0.2) is 53.6 Å². The van der Waals surface area contributed by atoms with Crippen molar-refractivity contribution >= 4 is 27.7 Å². The van der Waals surface area contributed by atoms with Crippen molar-refractivity contribution in [3.8, 4) is 0 Å². The van der Waals surface area contributed by atoms with Crippen LogP contribution in [0.3, 0.4) is 0 Å². The lowest BCUT2D eigenvalue weighted by Crippen LogP contribution is -2.46. The van der Waals surface area contributed by atoms with Crippen LogP contribution in [0.25, 0.3) is 0 Å². The number of allylic oxidation sites excluding steroid dienone is 1. The maximum atomic E-state index is 13.2. The molecule has 174 valence electrons. The number of carbonyl (C=O) groups is 2. The van der Waals surface area contributed by atoms with Gasteiger partial charge in [0.1, 0.15) is 10.5 Å². The number of sulfonamides is 1. The highest BCUT2D eigenvalue weighted by atomic mass is 32.2. The summed E-state index contributed by atoms with van der Waals surface area (Å²) in [5.41, 5.74) is -1.33. The molecule has 1 aromatic rings. The first-order chi connectivity index (χ1) is 14.9. The summed E-state index contributed by atoms with van der Waals surface area (Å²) in [5, 5.41) is 5.52. The van der Waals surface area contributed by atoms with Gasteiger partial charge in [-0.3, -0.25) is 9.52 Å². The highest BCUT2D eigenvalue weighted by Gasteiger charge is 2.57. The van der Waals surface area contributed by atoms with Crippen molar-refractivity contribution < 1.29 is 22.7 Å². The molecule has 9 heteroatoms. The zero-order valence-electron chi connectivity index (χ0n) is 18.7. The van der Waals surface area contributed by atoms with Crippen molar-refractivity contribution in [2.75, 3.05) is 5.32 Å². The van der Waals surface area contributed by atoms with E-state index in [0.717, 1.165) is 12.8 Å². The third-order valence-corrected chi connectivity index (χ3v) is 6.83. The molecule has 8 nitrogen and oxygen atoms in total. The van der Waals surface area contributed by atoms with Gasteiger partial charge in [-0.1, -0.05) is 30.9 Å². The standard InChI is InChI=1S/C23H31N3O5S/c1-16-23(25-21(28)31-22(2,3)4)15-17(23)11-7-5-6-8-14-20(27)24-18-12-9-10-13-19(18)32(29,30)26-16/h7,9-13,17,26H,1,5-6,8,14-15H2,2-4H3,(H,24,27)(H,25,28)/b11-7+/t17-,23+/m1/s1. The van der Waals surface area contributed by atoms with Crippen LogP contribution in [0.5, 0.6) is 0 Å². The summed E-state index contributed by atoms with van der Waals surface area (Å²) < 4.78 is 34.3. The zero-order valence-corrected chi connectivity index (χ0v) is 19.6. The minimum Gasteiger partial charge on any atom is -0.444 e. The van der Waals surface area contributed by atoms with Crippen molar-refractivity contribution in [3.63, 3.8) is 0 Å². The monoisotopic (exact) mass is 461 g/mol. The quantitative estimate of drug-likeness (QED) is 0.550. The molecule has 1 aliphatic carbocycles. The number of fused-ring (bicyclic) bond motifs is 2. The molecule has 2 atom stereocenters. The molecule has 2 amide bonds. The first-order valence-corrected chi connectivity index (χ1v) is 12.2. The molecule has 0 aromatic heterocycles. The highest BCUT2D eigenvalue weighted by molar-refractivity contribution is 7.89. The average Bonchev–Trinajstić information content (AvgIpc) is 3.36. The van der Waals surface area contributed by atoms with E-state index in [4.69, 9.17) is 4.74 Å². The fourth-order valence-electron chi connectivity index (χ4n) is 3.71. The molecular weight excluding hydrogens is 430 g/mol. The Kier molecular flexibility index (Phi) is 6.69. The molecule has 1 fully saturated rings. The van der Waals surface area contributed by atoms with E-state index < -0.39 is 27.3 Å². The van der Waals surface area contributed by atoms with E-state index in [1.807, 2.05) is 12.2 Å². The molecule has 0 unspecified atom stereocenters. The van der Waals surface area contributed by atoms with Gasteiger partial charge in [-0.2, -0.15) is 0 Å². The number of alkyl carbamates (subject to hydrolysis) is 1. The van der Waals surface area contributed by atoms with E-state index in [1.165, 1.54) is 6.07 Å². The Hall–Kier alpha value is -2.81. The summed E-state index contributed by atoms with van der Waals surface area (Å²) in [7, 11) is -4.07. The normalized spacial score (nSPS) is 26.7. The fourth-order valence-corrected chi connectivity index (χ4v) is 4.99. The number of hydrogen-bond donors (Lipinski definition) is 3. The van der Waals surface area contributed by atoms with Crippen molar-refractivity contribution in [2.45, 2.75) is 68.9 Å². The molecule has 0 saturated heterocycles. The third-order valence-electron chi connectivity index (χ3n) is 5.38. The van der Waals surface area contributed by atoms with Crippen LogP contribution in [0.2, 0.25) is 0 Å². The maximum Gasteiger partial charge on any atom is 0.408 e. The van der Waals surface area contributed by atoms with Crippen molar-refractivity contribution in [1.29, 1.82) is 0 Å². The summed E-state index contributed by atoms with van der Waals surface area (Å²) >= 11 is 0. The largest absolute Gasteiger partial charge is 0.444 e. The van der Waals surface area contributed by atoms with Crippen molar-refractivity contribution in [2.24, 2.45) is 5.92 Å². The predicted molar refractivity (Wildman–Crippen MR) is 122 cm³/mol. The summed E-state index contributed by atoms with van der Waals surface area (Å²) in [4.78, 5) is 24.7. The van der Waals surface area contributed by atoms with E-state index in [0.29, 0.717) is 19.3 Å². The van der Waals surface area contributed by atoms with Crippen LogP contribution in [-0.4, -0.2) is 31.6 Å². The van der Waals surface area contributed by atoms with Gasteiger partial charge in [0.15, 0.2) is 0 Å². The summed E-state index contributed by atoms with van der Waals surface area (Å²) in [6, 6.07) is 6.20. The Morgan fingerprint density at radius 1 is 1.25 bits per heavy atom. The van der Waals surface area contributed by atoms with E-state index in [-0.39, 0.29) is 28.1 Å². The Morgan fingerprint density at radius 2 is 1.97 bits per heavy atom. The van der Waals surface area contributed by atoms with Gasteiger partial charge in [0.05, 0.1) is 11.2 Å². The Labute approximate surface area is 189 Å². The van der Waals surface area contributed by atoms with Gasteiger partial charge in [0.25, 0.3) is 10.0 Å². The molecule has 1 aromatic carbocycles. The third kappa shape index (κ3) is 5.70. The van der Waals surface area contributed by atoms with Crippen LogP contribution in [0, 0.1) is 5.92 Å². The minimum atomic E-state index is -4.07. The maximum absolute atomic E-state index is 13.2. The van der Waals surface area contributed by atoms with E-state index in [9.17, 15) is 18.0 Å². The smallest absolute Gasteiger partial charge is 0.408 e. The summed E-state index contributed by atoms with van der Waals surface area (Å²) in [6.07, 6.45) is 6.41. The average molecular weight is 462 g/mol. The van der Waals surface area contributed by atoms with Crippen LogP contribution in [0.1, 0.15) is 52.9 Å². The molecule has 3 rings (SSSR count). The van der Waals surface area contributed by atoms with Crippen molar-refractivity contribution in [1.82, 2.24) is 10.0 Å². The molecule has 1 aliphatic heterocycles. The number of nitrogens with one attached hydrogen (secondary N) is 3. The summed E-state index contributed by atoms with van der Waals surface area (Å²) in [6.45, 7) is 9.22. The molecule has 32 heavy (non-hydrogen) atoms. The molecule has 1 heterocycles. The Morgan fingerprint density at radius 3 is 2.69 bits per heavy atom. The molecule has 0 radical (unpaired) electrons. The summed E-state index contributed by atoms with van der Waals surface area (Å²) in [5.74, 6) is -0.360. The SMILES string of the molecule is C=C1NS(=O)(=O)c2ccccc2NC(=O)CCCC/C=C/[C@@H]2C[C@]12NC(=O)OC(C)(C)C. The second-order valence-corrected chi connectivity index (χ2v) is 10.9. The highest BCUT2D eigenvalue weighted by Crippen LogP contribution is 2.49. The second kappa shape index (κ2) is 8.97. The number of anilines is 1. The zero-order chi connectivity index (χ0) is 23.6.